The summed E-state index contributed by atoms with van der Waals surface area (Å²) in [5, 5.41) is 0. The fraction of sp³-hybridized carbons (Fsp3) is 0.333. The van der Waals surface area contributed by atoms with Crippen molar-refractivity contribution in [3.63, 3.8) is 0 Å². The first-order chi connectivity index (χ1) is 5.27. The number of nitrogens with zero attached hydrogens (tertiary/aromatic N) is 1. The molecule has 0 N–H and O–H groups in total. The van der Waals surface area contributed by atoms with E-state index in [1.165, 1.54) is 5.57 Å². The van der Waals surface area contributed by atoms with Crippen molar-refractivity contribution in [3.05, 3.63) is 35.9 Å². The molecule has 11 heavy (non-hydrogen) atoms. The number of allylic oxidation sites excluding steroid dienone is 2. The zero-order valence-electron chi connectivity index (χ0n) is 6.74. The highest BCUT2D eigenvalue weighted by Crippen LogP contribution is 2.25. The van der Waals surface area contributed by atoms with Gasteiger partial charge in [-0.05, 0) is 24.6 Å². The van der Waals surface area contributed by atoms with Crippen LogP contribution in [0.3, 0.4) is 0 Å². The number of fused-ring (bicyclic) bond motifs is 1. The second-order valence-electron chi connectivity index (χ2n) is 2.98. The monoisotopic (exact) mass is 149 g/mol. The predicted molar refractivity (Wildman–Crippen MR) is 43.6 cm³/mol. The lowest BCUT2D eigenvalue weighted by molar-refractivity contribution is 0.296. The van der Waals surface area contributed by atoms with E-state index in [-0.39, 0.29) is 0 Å². The maximum Gasteiger partial charge on any atom is 0.130 e. The molecule has 0 amide bonds. The molecule has 2 heterocycles. The third-order valence-corrected chi connectivity index (χ3v) is 1.97. The topological polar surface area (TPSA) is 12.5 Å². The van der Waals surface area contributed by atoms with Gasteiger partial charge >= 0.3 is 0 Å². The van der Waals surface area contributed by atoms with E-state index in [0.29, 0.717) is 6.04 Å². The van der Waals surface area contributed by atoms with E-state index in [9.17, 15) is 0 Å². The van der Waals surface area contributed by atoms with Crippen LogP contribution >= 0.6 is 0 Å². The van der Waals surface area contributed by atoms with Crippen molar-refractivity contribution in [3.8, 4) is 0 Å². The van der Waals surface area contributed by atoms with Crippen LogP contribution in [0.1, 0.15) is 6.92 Å². The second kappa shape index (κ2) is 2.16. The number of hydrogen-bond donors (Lipinski definition) is 0. The van der Waals surface area contributed by atoms with Crippen LogP contribution in [0.25, 0.3) is 0 Å². The molecule has 0 bridgehead atoms. The van der Waals surface area contributed by atoms with Crippen molar-refractivity contribution in [2.24, 2.45) is 0 Å². The summed E-state index contributed by atoms with van der Waals surface area (Å²) in [6.45, 7) is 2.07. The minimum Gasteiger partial charge on any atom is -0.467 e. The molecule has 0 fully saturated rings. The molecule has 0 aromatic carbocycles. The number of rotatable bonds is 0. The minimum atomic E-state index is 0.332. The SMILES string of the molecule is CC1=CN(C)C2C=COC2=C1. The van der Waals surface area contributed by atoms with Crippen LogP contribution in [-0.2, 0) is 4.74 Å². The Kier molecular flexibility index (Phi) is 1.28. The quantitative estimate of drug-likeness (QED) is 0.519. The molecule has 2 aliphatic heterocycles. The van der Waals surface area contributed by atoms with Crippen molar-refractivity contribution in [1.82, 2.24) is 4.90 Å². The lowest BCUT2D eigenvalue weighted by atomic mass is 10.1. The first-order valence-electron chi connectivity index (χ1n) is 3.72. The van der Waals surface area contributed by atoms with Gasteiger partial charge < -0.3 is 9.64 Å². The van der Waals surface area contributed by atoms with Gasteiger partial charge in [0.25, 0.3) is 0 Å². The van der Waals surface area contributed by atoms with E-state index in [2.05, 4.69) is 37.2 Å². The zero-order chi connectivity index (χ0) is 7.84. The van der Waals surface area contributed by atoms with Crippen molar-refractivity contribution in [2.45, 2.75) is 13.0 Å². The molecule has 0 radical (unpaired) electrons. The number of likely N-dealkylation sites (N-methyl/N-ethyl adjacent to an activating group) is 1. The van der Waals surface area contributed by atoms with Crippen LogP contribution in [0.15, 0.2) is 35.9 Å². The molecule has 0 spiro atoms. The lowest BCUT2D eigenvalue weighted by Crippen LogP contribution is -2.27. The first-order valence-corrected chi connectivity index (χ1v) is 3.72. The Morgan fingerprint density at radius 1 is 1.55 bits per heavy atom. The third kappa shape index (κ3) is 0.946. The summed E-state index contributed by atoms with van der Waals surface area (Å²) in [6, 6.07) is 0.332. The lowest BCUT2D eigenvalue weighted by Gasteiger charge is -2.25. The van der Waals surface area contributed by atoms with E-state index in [0.717, 1.165) is 5.76 Å². The standard InChI is InChI=1S/C9H11NO/c1-7-5-9-8(3-4-11-9)10(2)6-7/h3-6,8H,1-2H3. The highest BCUT2D eigenvalue weighted by Gasteiger charge is 2.23. The average Bonchev–Trinajstić information content (AvgIpc) is 2.34. The van der Waals surface area contributed by atoms with Gasteiger partial charge in [-0.1, -0.05) is 0 Å². The van der Waals surface area contributed by atoms with Gasteiger partial charge in [-0.2, -0.15) is 0 Å². The summed E-state index contributed by atoms with van der Waals surface area (Å²) in [5.74, 6) is 1.03. The van der Waals surface area contributed by atoms with Gasteiger partial charge in [-0.15, -0.1) is 0 Å². The molecular formula is C9H11NO. The van der Waals surface area contributed by atoms with E-state index < -0.39 is 0 Å². The van der Waals surface area contributed by atoms with E-state index in [1.54, 1.807) is 6.26 Å². The van der Waals surface area contributed by atoms with Gasteiger partial charge in [0.1, 0.15) is 11.8 Å². The van der Waals surface area contributed by atoms with Crippen LogP contribution < -0.4 is 0 Å². The van der Waals surface area contributed by atoms with Crippen LogP contribution in [0, 0.1) is 0 Å². The Morgan fingerprint density at radius 2 is 2.36 bits per heavy atom. The second-order valence-corrected chi connectivity index (χ2v) is 2.98. The van der Waals surface area contributed by atoms with Gasteiger partial charge in [0, 0.05) is 13.2 Å². The van der Waals surface area contributed by atoms with Crippen molar-refractivity contribution < 1.29 is 4.74 Å². The molecule has 2 heteroatoms. The summed E-state index contributed by atoms with van der Waals surface area (Å²) in [7, 11) is 2.06. The van der Waals surface area contributed by atoms with Crippen LogP contribution in [-0.4, -0.2) is 18.0 Å². The molecule has 2 nitrogen and oxygen atoms in total. The van der Waals surface area contributed by atoms with Gasteiger partial charge in [-0.25, -0.2) is 0 Å². The molecule has 0 aliphatic carbocycles. The van der Waals surface area contributed by atoms with Crippen LogP contribution in [0.4, 0.5) is 0 Å². The smallest absolute Gasteiger partial charge is 0.130 e. The Balaban J connectivity index is 2.34. The third-order valence-electron chi connectivity index (χ3n) is 1.97. The largest absolute Gasteiger partial charge is 0.467 e. The molecule has 2 aliphatic rings. The zero-order valence-corrected chi connectivity index (χ0v) is 6.74. The van der Waals surface area contributed by atoms with Crippen molar-refractivity contribution >= 4 is 0 Å². The van der Waals surface area contributed by atoms with E-state index in [4.69, 9.17) is 4.74 Å². The number of ether oxygens (including phenoxy) is 1. The Bertz CT molecular complexity index is 263. The average molecular weight is 149 g/mol. The van der Waals surface area contributed by atoms with Gasteiger partial charge in [0.15, 0.2) is 0 Å². The molecule has 0 saturated carbocycles. The maximum absolute atomic E-state index is 5.30. The molecule has 2 rings (SSSR count). The van der Waals surface area contributed by atoms with Crippen LogP contribution in [0.2, 0.25) is 0 Å². The van der Waals surface area contributed by atoms with Crippen molar-refractivity contribution in [2.75, 3.05) is 7.05 Å². The van der Waals surface area contributed by atoms with Crippen LogP contribution in [0.5, 0.6) is 0 Å². The van der Waals surface area contributed by atoms with Gasteiger partial charge in [0.2, 0.25) is 0 Å². The summed E-state index contributed by atoms with van der Waals surface area (Å²) < 4.78 is 5.30. The fourth-order valence-corrected chi connectivity index (χ4v) is 1.48. The maximum atomic E-state index is 5.30. The predicted octanol–water partition coefficient (Wildman–Crippen LogP) is 1.63. The molecule has 0 aromatic rings. The van der Waals surface area contributed by atoms with E-state index >= 15 is 0 Å². The molecule has 58 valence electrons. The van der Waals surface area contributed by atoms with Gasteiger partial charge in [0.05, 0.1) is 6.26 Å². The Morgan fingerprint density at radius 3 is 3.18 bits per heavy atom. The normalized spacial score (nSPS) is 27.5. The summed E-state index contributed by atoms with van der Waals surface area (Å²) >= 11 is 0. The molecule has 0 saturated heterocycles. The summed E-state index contributed by atoms with van der Waals surface area (Å²) in [6.07, 6.45) is 7.99. The van der Waals surface area contributed by atoms with Crippen molar-refractivity contribution in [1.29, 1.82) is 0 Å². The molecule has 0 aromatic heterocycles. The first kappa shape index (κ1) is 6.53. The van der Waals surface area contributed by atoms with E-state index in [1.807, 2.05) is 0 Å². The van der Waals surface area contributed by atoms with Gasteiger partial charge in [-0.3, -0.25) is 0 Å². The molecule has 1 unspecified atom stereocenters. The molecule has 1 atom stereocenters. The summed E-state index contributed by atoms with van der Waals surface area (Å²) in [5.41, 5.74) is 1.24. The fourth-order valence-electron chi connectivity index (χ4n) is 1.48. The summed E-state index contributed by atoms with van der Waals surface area (Å²) in [4.78, 5) is 2.15. The molecular weight excluding hydrogens is 138 g/mol. The highest BCUT2D eigenvalue weighted by molar-refractivity contribution is 5.32. The Labute approximate surface area is 66.5 Å². The highest BCUT2D eigenvalue weighted by atomic mass is 16.5. The Hall–Kier alpha value is -1.18. The number of hydrogen-bond acceptors (Lipinski definition) is 2. The minimum absolute atomic E-state index is 0.332.